The van der Waals surface area contributed by atoms with Crippen LogP contribution in [0.4, 0.5) is 5.69 Å². The van der Waals surface area contributed by atoms with Crippen molar-refractivity contribution in [2.24, 2.45) is 0 Å². The number of carbonyl (C=O) groups excluding carboxylic acids is 2. The lowest BCUT2D eigenvalue weighted by atomic mass is 9.98. The number of amides is 2. The maximum atomic E-state index is 12.9. The third-order valence-electron chi connectivity index (χ3n) is 5.67. The molecule has 0 bridgehead atoms. The molecular formula is C24H27N3O2S2. The van der Waals surface area contributed by atoms with E-state index >= 15 is 0 Å². The number of hydrogen-bond acceptors (Lipinski definition) is 5. The Morgan fingerprint density at radius 2 is 1.94 bits per heavy atom. The maximum absolute atomic E-state index is 12.9. The summed E-state index contributed by atoms with van der Waals surface area (Å²) in [5.74, 6) is -0.0763. The van der Waals surface area contributed by atoms with Crippen LogP contribution >= 0.6 is 22.7 Å². The van der Waals surface area contributed by atoms with E-state index in [2.05, 4.69) is 39.2 Å². The van der Waals surface area contributed by atoms with Crippen LogP contribution < -0.4 is 5.32 Å². The quantitative estimate of drug-likeness (QED) is 0.555. The maximum Gasteiger partial charge on any atom is 0.253 e. The van der Waals surface area contributed by atoms with Crippen molar-refractivity contribution >= 4 is 40.2 Å². The van der Waals surface area contributed by atoms with Crippen LogP contribution in [0.15, 0.2) is 53.2 Å². The summed E-state index contributed by atoms with van der Waals surface area (Å²) >= 11 is 3.53. The van der Waals surface area contributed by atoms with Gasteiger partial charge < -0.3 is 10.2 Å². The van der Waals surface area contributed by atoms with Gasteiger partial charge in [0.15, 0.2) is 0 Å². The van der Waals surface area contributed by atoms with Crippen molar-refractivity contribution in [1.82, 2.24) is 9.80 Å². The Morgan fingerprint density at radius 3 is 2.68 bits per heavy atom. The molecule has 0 spiro atoms. The number of carbonyl (C=O) groups is 2. The molecule has 2 amide bonds. The van der Waals surface area contributed by atoms with Crippen molar-refractivity contribution in [2.75, 3.05) is 31.5 Å². The molecule has 2 aromatic heterocycles. The number of fused-ring (bicyclic) bond motifs is 1. The second kappa shape index (κ2) is 9.77. The molecule has 0 radical (unpaired) electrons. The fourth-order valence-corrected chi connectivity index (χ4v) is 5.91. The van der Waals surface area contributed by atoms with E-state index < -0.39 is 0 Å². The van der Waals surface area contributed by atoms with E-state index in [0.717, 1.165) is 13.0 Å². The number of thiophene rings is 2. The smallest absolute Gasteiger partial charge is 0.253 e. The molecule has 1 unspecified atom stereocenters. The van der Waals surface area contributed by atoms with Gasteiger partial charge in [-0.1, -0.05) is 12.1 Å². The van der Waals surface area contributed by atoms with Crippen LogP contribution in [-0.4, -0.2) is 47.8 Å². The van der Waals surface area contributed by atoms with Gasteiger partial charge in [0, 0.05) is 40.6 Å². The van der Waals surface area contributed by atoms with Gasteiger partial charge in [0.25, 0.3) is 5.91 Å². The molecule has 0 saturated heterocycles. The first-order chi connectivity index (χ1) is 15.1. The molecule has 1 N–H and O–H groups in total. The number of hydrogen-bond donors (Lipinski definition) is 1. The van der Waals surface area contributed by atoms with Crippen molar-refractivity contribution in [3.63, 3.8) is 0 Å². The Morgan fingerprint density at radius 1 is 1.10 bits per heavy atom. The summed E-state index contributed by atoms with van der Waals surface area (Å²) in [6.07, 6.45) is 0.968. The van der Waals surface area contributed by atoms with Gasteiger partial charge in [0.1, 0.15) is 0 Å². The van der Waals surface area contributed by atoms with Crippen LogP contribution in [0.2, 0.25) is 0 Å². The first kappa shape index (κ1) is 21.7. The highest BCUT2D eigenvalue weighted by Gasteiger charge is 2.31. The fraction of sp³-hybridized carbons (Fsp3) is 0.333. The molecule has 0 aliphatic carbocycles. The van der Waals surface area contributed by atoms with Crippen molar-refractivity contribution < 1.29 is 9.59 Å². The number of benzene rings is 1. The van der Waals surface area contributed by atoms with Gasteiger partial charge >= 0.3 is 0 Å². The van der Waals surface area contributed by atoms with E-state index in [1.54, 1.807) is 39.7 Å². The van der Waals surface area contributed by atoms with Crippen LogP contribution in [0.5, 0.6) is 0 Å². The van der Waals surface area contributed by atoms with E-state index in [0.29, 0.717) is 30.9 Å². The summed E-state index contributed by atoms with van der Waals surface area (Å²) in [4.78, 5) is 32.3. The molecule has 162 valence electrons. The predicted octanol–water partition coefficient (Wildman–Crippen LogP) is 4.88. The lowest BCUT2D eigenvalue weighted by Crippen LogP contribution is -2.40. The molecule has 4 rings (SSSR count). The van der Waals surface area contributed by atoms with Crippen LogP contribution in [0.1, 0.15) is 45.6 Å². The molecular weight excluding hydrogens is 426 g/mol. The lowest BCUT2D eigenvalue weighted by molar-refractivity contribution is -0.117. The molecule has 5 nitrogen and oxygen atoms in total. The second-order valence-electron chi connectivity index (χ2n) is 7.54. The molecule has 0 saturated carbocycles. The lowest BCUT2D eigenvalue weighted by Gasteiger charge is -2.34. The summed E-state index contributed by atoms with van der Waals surface area (Å²) in [6.45, 7) is 6.42. The molecule has 31 heavy (non-hydrogen) atoms. The molecule has 1 atom stereocenters. The molecule has 3 aromatic rings. The zero-order valence-electron chi connectivity index (χ0n) is 17.8. The van der Waals surface area contributed by atoms with Gasteiger partial charge in [-0.05, 0) is 66.9 Å². The first-order valence-electron chi connectivity index (χ1n) is 10.6. The zero-order chi connectivity index (χ0) is 21.8. The van der Waals surface area contributed by atoms with Gasteiger partial charge in [0.2, 0.25) is 5.91 Å². The van der Waals surface area contributed by atoms with Crippen LogP contribution in [0.25, 0.3) is 0 Å². The molecule has 0 fully saturated rings. The SMILES string of the molecule is CCN(CC)C(=O)c1cccc(NC(=O)CN2CCc3sccc3C2c2cccs2)c1. The van der Waals surface area contributed by atoms with Crippen molar-refractivity contribution in [3.05, 3.63) is 74.1 Å². The van der Waals surface area contributed by atoms with E-state index in [4.69, 9.17) is 0 Å². The molecule has 7 heteroatoms. The third-order valence-corrected chi connectivity index (χ3v) is 7.59. The summed E-state index contributed by atoms with van der Waals surface area (Å²) in [6, 6.07) is 13.7. The van der Waals surface area contributed by atoms with Gasteiger partial charge in [-0.3, -0.25) is 14.5 Å². The van der Waals surface area contributed by atoms with Crippen LogP contribution in [-0.2, 0) is 11.2 Å². The number of nitrogens with one attached hydrogen (secondary N) is 1. The second-order valence-corrected chi connectivity index (χ2v) is 9.52. The van der Waals surface area contributed by atoms with Crippen molar-refractivity contribution in [3.8, 4) is 0 Å². The van der Waals surface area contributed by atoms with Gasteiger partial charge in [-0.25, -0.2) is 0 Å². The highest BCUT2D eigenvalue weighted by molar-refractivity contribution is 7.10. The summed E-state index contributed by atoms with van der Waals surface area (Å²) in [5, 5.41) is 7.23. The first-order valence-corrected chi connectivity index (χ1v) is 12.4. The number of rotatable bonds is 7. The van der Waals surface area contributed by atoms with Gasteiger partial charge in [-0.2, -0.15) is 0 Å². The fourth-order valence-electron chi connectivity index (χ4n) is 4.13. The molecule has 3 heterocycles. The van der Waals surface area contributed by atoms with E-state index in [1.807, 2.05) is 26.0 Å². The minimum atomic E-state index is -0.0623. The minimum Gasteiger partial charge on any atom is -0.339 e. The predicted molar refractivity (Wildman–Crippen MR) is 128 cm³/mol. The largest absolute Gasteiger partial charge is 0.339 e. The van der Waals surface area contributed by atoms with Crippen molar-refractivity contribution in [1.29, 1.82) is 0 Å². The topological polar surface area (TPSA) is 52.7 Å². The molecule has 1 aromatic carbocycles. The number of anilines is 1. The Balaban J connectivity index is 1.48. The van der Waals surface area contributed by atoms with Crippen molar-refractivity contribution in [2.45, 2.75) is 26.3 Å². The Kier molecular flexibility index (Phi) is 6.85. The minimum absolute atomic E-state index is 0.0140. The van der Waals surface area contributed by atoms with E-state index in [-0.39, 0.29) is 17.9 Å². The number of nitrogens with zero attached hydrogens (tertiary/aromatic N) is 2. The van der Waals surface area contributed by atoms with Gasteiger partial charge in [-0.15, -0.1) is 22.7 Å². The molecule has 1 aliphatic heterocycles. The molecule has 1 aliphatic rings. The van der Waals surface area contributed by atoms with E-state index in [9.17, 15) is 9.59 Å². The van der Waals surface area contributed by atoms with Crippen LogP contribution in [0, 0.1) is 0 Å². The average Bonchev–Trinajstić information content (AvgIpc) is 3.46. The summed E-state index contributed by atoms with van der Waals surface area (Å²) in [5.41, 5.74) is 2.57. The standard InChI is InChI=1S/C24H27N3O2S2/c1-3-26(4-2)24(29)17-7-5-8-18(15-17)25-22(28)16-27-12-10-20-19(11-14-31-20)23(27)21-9-6-13-30-21/h5-9,11,13-15,23H,3-4,10,12,16H2,1-2H3,(H,25,28). The highest BCUT2D eigenvalue weighted by atomic mass is 32.1. The third kappa shape index (κ3) is 4.74. The normalized spacial score (nSPS) is 16.0. The van der Waals surface area contributed by atoms with Gasteiger partial charge in [0.05, 0.1) is 12.6 Å². The van der Waals surface area contributed by atoms with Crippen LogP contribution in [0.3, 0.4) is 0 Å². The summed E-state index contributed by atoms with van der Waals surface area (Å²) < 4.78 is 0. The Hall–Kier alpha value is -2.48. The van der Waals surface area contributed by atoms with E-state index in [1.165, 1.54) is 15.3 Å². The Labute approximate surface area is 191 Å². The average molecular weight is 454 g/mol. The Bertz CT molecular complexity index is 1040. The highest BCUT2D eigenvalue weighted by Crippen LogP contribution is 2.39. The monoisotopic (exact) mass is 453 g/mol. The summed E-state index contributed by atoms with van der Waals surface area (Å²) in [7, 11) is 0. The zero-order valence-corrected chi connectivity index (χ0v) is 19.5.